The van der Waals surface area contributed by atoms with E-state index in [1.165, 1.54) is 17.7 Å². The summed E-state index contributed by atoms with van der Waals surface area (Å²) in [6, 6.07) is 5.78. The molecule has 0 unspecified atom stereocenters. The van der Waals surface area contributed by atoms with Crippen LogP contribution in [0.2, 0.25) is 0 Å². The van der Waals surface area contributed by atoms with Crippen LogP contribution in [0, 0.1) is 0 Å². The van der Waals surface area contributed by atoms with Gasteiger partial charge in [0.2, 0.25) is 5.91 Å². The summed E-state index contributed by atoms with van der Waals surface area (Å²) in [5.41, 5.74) is 8.36. The quantitative estimate of drug-likeness (QED) is 0.530. The van der Waals surface area contributed by atoms with Gasteiger partial charge in [0.15, 0.2) is 0 Å². The van der Waals surface area contributed by atoms with E-state index in [4.69, 9.17) is 5.73 Å². The molecule has 0 atom stereocenters. The van der Waals surface area contributed by atoms with Crippen molar-refractivity contribution in [1.82, 2.24) is 0 Å². The van der Waals surface area contributed by atoms with Gasteiger partial charge in [0.05, 0.1) is 11.4 Å². The molecule has 0 spiro atoms. The largest absolute Gasteiger partial charge is 0.397 e. The van der Waals surface area contributed by atoms with Crippen LogP contribution in [0.5, 0.6) is 0 Å². The minimum atomic E-state index is 0.0427. The molecule has 0 bridgehead atoms. The van der Waals surface area contributed by atoms with E-state index in [0.29, 0.717) is 17.8 Å². The van der Waals surface area contributed by atoms with Gasteiger partial charge in [-0.25, -0.2) is 0 Å². The molecule has 1 amide bonds. The molecule has 1 aromatic carbocycles. The third kappa shape index (κ3) is 5.84. The van der Waals surface area contributed by atoms with Crippen LogP contribution in [0.1, 0.15) is 51.5 Å². The van der Waals surface area contributed by atoms with E-state index >= 15 is 0 Å². The van der Waals surface area contributed by atoms with Gasteiger partial charge in [-0.1, -0.05) is 38.3 Å². The number of carbonyl (C=O) groups is 1. The Balaban J connectivity index is 2.69. The van der Waals surface area contributed by atoms with Gasteiger partial charge in [-0.3, -0.25) is 4.79 Å². The number of nitrogen functional groups attached to an aromatic ring is 1. The highest BCUT2D eigenvalue weighted by molar-refractivity contribution is 8.07. The molecule has 4 heteroatoms. The molecule has 1 rings (SSSR count). The predicted octanol–water partition coefficient (Wildman–Crippen LogP) is 4.90. The van der Waals surface area contributed by atoms with Gasteiger partial charge in [-0.2, -0.15) is 0 Å². The fraction of sp³-hybridized carbons (Fsp3) is 0.471. The van der Waals surface area contributed by atoms with Crippen LogP contribution >= 0.6 is 11.8 Å². The van der Waals surface area contributed by atoms with Gasteiger partial charge in [0, 0.05) is 11.3 Å². The van der Waals surface area contributed by atoms with Gasteiger partial charge < -0.3 is 11.1 Å². The Morgan fingerprint density at radius 3 is 2.71 bits per heavy atom. The molecule has 0 saturated heterocycles. The number of thioether (sulfide) groups is 1. The molecular weight excluding hydrogens is 280 g/mol. The van der Waals surface area contributed by atoms with Crippen molar-refractivity contribution in [2.45, 2.75) is 46.0 Å². The molecule has 0 aliphatic rings. The van der Waals surface area contributed by atoms with Gasteiger partial charge in [0.25, 0.3) is 0 Å². The number of nitrogens with two attached hydrogens (primary N) is 1. The van der Waals surface area contributed by atoms with E-state index < -0.39 is 0 Å². The summed E-state index contributed by atoms with van der Waals surface area (Å²) in [6.45, 7) is 4.17. The van der Waals surface area contributed by atoms with Gasteiger partial charge in [-0.05, 0) is 37.3 Å². The minimum Gasteiger partial charge on any atom is -0.397 e. The molecule has 0 fully saturated rings. The first-order valence-electron chi connectivity index (χ1n) is 7.52. The molecule has 21 heavy (non-hydrogen) atoms. The van der Waals surface area contributed by atoms with E-state index in [9.17, 15) is 4.79 Å². The number of hydrogen-bond donors (Lipinski definition) is 2. The number of hydrogen-bond acceptors (Lipinski definition) is 3. The van der Waals surface area contributed by atoms with Crippen molar-refractivity contribution in [3.63, 3.8) is 0 Å². The zero-order valence-corrected chi connectivity index (χ0v) is 14.1. The summed E-state index contributed by atoms with van der Waals surface area (Å²) in [5, 5.41) is 2.93. The monoisotopic (exact) mass is 306 g/mol. The molecular formula is C17H26N2OS. The smallest absolute Gasteiger partial charge is 0.224 e. The Labute approximate surface area is 132 Å². The van der Waals surface area contributed by atoms with Gasteiger partial charge >= 0.3 is 0 Å². The van der Waals surface area contributed by atoms with E-state index in [-0.39, 0.29) is 5.91 Å². The van der Waals surface area contributed by atoms with Gasteiger partial charge in [0.1, 0.15) is 0 Å². The molecule has 116 valence electrons. The lowest BCUT2D eigenvalue weighted by Crippen LogP contribution is -2.12. The number of unbranched alkanes of at least 4 members (excludes halogenated alkanes) is 3. The van der Waals surface area contributed by atoms with Crippen LogP contribution in [-0.2, 0) is 4.79 Å². The Hall–Kier alpha value is -1.42. The summed E-state index contributed by atoms with van der Waals surface area (Å²) in [4.78, 5) is 13.1. The molecule has 0 aliphatic carbocycles. The maximum atomic E-state index is 12.0. The lowest BCUT2D eigenvalue weighted by atomic mass is 10.1. The predicted molar refractivity (Wildman–Crippen MR) is 95.4 cm³/mol. The molecule has 3 N–H and O–H groups in total. The number of anilines is 2. The fourth-order valence-electron chi connectivity index (χ4n) is 2.15. The van der Waals surface area contributed by atoms with Crippen molar-refractivity contribution >= 4 is 33.9 Å². The minimum absolute atomic E-state index is 0.0427. The number of nitrogens with one attached hydrogen (secondary N) is 1. The number of carbonyl (C=O) groups excluding carboxylic acids is 1. The van der Waals surface area contributed by atoms with Crippen molar-refractivity contribution in [3.8, 4) is 0 Å². The first-order chi connectivity index (χ1) is 10.1. The number of amides is 1. The van der Waals surface area contributed by atoms with E-state index in [2.05, 4.69) is 18.3 Å². The highest BCUT2D eigenvalue weighted by Gasteiger charge is 2.08. The summed E-state index contributed by atoms with van der Waals surface area (Å²) < 4.78 is 0. The highest BCUT2D eigenvalue weighted by Crippen LogP contribution is 2.30. The second-order valence-corrected chi connectivity index (χ2v) is 5.87. The lowest BCUT2D eigenvalue weighted by molar-refractivity contribution is -0.116. The molecule has 1 aromatic rings. The number of rotatable bonds is 8. The van der Waals surface area contributed by atoms with Crippen LogP contribution in [-0.4, -0.2) is 12.2 Å². The standard InChI is InChI=1S/C17H26N2OS/c1-4-6-7-8-9-17(20)19-15-12-13(10-11-14(15)18)16(5-2)21-3/h5,10-12H,4,6-9,18H2,1-3H3,(H,19,20)/b16-5-. The van der Waals surface area contributed by atoms with Crippen molar-refractivity contribution < 1.29 is 4.79 Å². The van der Waals surface area contributed by atoms with E-state index in [1.54, 1.807) is 11.8 Å². The van der Waals surface area contributed by atoms with Crippen LogP contribution < -0.4 is 11.1 Å². The molecule has 0 aromatic heterocycles. The van der Waals surface area contributed by atoms with Crippen LogP contribution in [0.25, 0.3) is 4.91 Å². The fourth-order valence-corrected chi connectivity index (χ4v) is 2.74. The van der Waals surface area contributed by atoms with E-state index in [0.717, 1.165) is 18.4 Å². The normalized spacial score (nSPS) is 11.5. The van der Waals surface area contributed by atoms with Crippen molar-refractivity contribution in [3.05, 3.63) is 29.8 Å². The Morgan fingerprint density at radius 2 is 2.10 bits per heavy atom. The van der Waals surface area contributed by atoms with Crippen molar-refractivity contribution in [2.24, 2.45) is 0 Å². The van der Waals surface area contributed by atoms with Gasteiger partial charge in [-0.15, -0.1) is 11.8 Å². The lowest BCUT2D eigenvalue weighted by Gasteiger charge is -2.11. The first kappa shape index (κ1) is 17.6. The summed E-state index contributed by atoms with van der Waals surface area (Å²) >= 11 is 1.68. The van der Waals surface area contributed by atoms with Crippen molar-refractivity contribution in [2.75, 3.05) is 17.3 Å². The average molecular weight is 306 g/mol. The summed E-state index contributed by atoms with van der Waals surface area (Å²) in [5.74, 6) is 0.0427. The Kier molecular flexibility index (Phi) is 7.98. The number of allylic oxidation sites excluding steroid dienone is 1. The second kappa shape index (κ2) is 9.50. The third-order valence-corrected chi connectivity index (χ3v) is 4.26. The molecule has 3 nitrogen and oxygen atoms in total. The molecule has 0 heterocycles. The zero-order chi connectivity index (χ0) is 15.7. The molecule has 0 radical (unpaired) electrons. The Morgan fingerprint density at radius 1 is 1.33 bits per heavy atom. The third-order valence-electron chi connectivity index (χ3n) is 3.35. The van der Waals surface area contributed by atoms with Crippen LogP contribution in [0.4, 0.5) is 11.4 Å². The topological polar surface area (TPSA) is 55.1 Å². The molecule has 0 aliphatic heterocycles. The zero-order valence-electron chi connectivity index (χ0n) is 13.2. The number of benzene rings is 1. The SMILES string of the molecule is C/C=C(\SC)c1ccc(N)c(NC(=O)CCCCCC)c1. The maximum absolute atomic E-state index is 12.0. The van der Waals surface area contributed by atoms with Crippen LogP contribution in [0.15, 0.2) is 24.3 Å². The Bertz CT molecular complexity index is 498. The second-order valence-electron chi connectivity index (χ2n) is 5.02. The van der Waals surface area contributed by atoms with Crippen LogP contribution in [0.3, 0.4) is 0 Å². The first-order valence-corrected chi connectivity index (χ1v) is 8.74. The maximum Gasteiger partial charge on any atom is 0.224 e. The molecule has 0 saturated carbocycles. The summed E-state index contributed by atoms with van der Waals surface area (Å²) in [6.07, 6.45) is 9.06. The average Bonchev–Trinajstić information content (AvgIpc) is 2.48. The highest BCUT2D eigenvalue weighted by atomic mass is 32.2. The van der Waals surface area contributed by atoms with E-state index in [1.807, 2.05) is 31.4 Å². The van der Waals surface area contributed by atoms with Crippen molar-refractivity contribution in [1.29, 1.82) is 0 Å². The summed E-state index contributed by atoms with van der Waals surface area (Å²) in [7, 11) is 0.